The second-order valence-electron chi connectivity index (χ2n) is 10.8. The van der Waals surface area contributed by atoms with Gasteiger partial charge < -0.3 is 24.8 Å². The summed E-state index contributed by atoms with van der Waals surface area (Å²) in [6.07, 6.45) is 3.67. The molecule has 0 radical (unpaired) electrons. The van der Waals surface area contributed by atoms with E-state index in [0.717, 1.165) is 42.6 Å². The zero-order valence-electron chi connectivity index (χ0n) is 22.0. The highest BCUT2D eigenvalue weighted by Gasteiger charge is 2.52. The Kier molecular flexibility index (Phi) is 6.67. The number of nitrogens with zero attached hydrogens (tertiary/aromatic N) is 2. The molecule has 6 rings (SSSR count). The molecule has 3 N–H and O–H groups in total. The van der Waals surface area contributed by atoms with E-state index in [9.17, 15) is 19.5 Å². The molecule has 0 spiro atoms. The quantitative estimate of drug-likeness (QED) is 0.292. The number of benzene rings is 3. The molecule has 1 saturated carbocycles. The van der Waals surface area contributed by atoms with Gasteiger partial charge in [0, 0.05) is 6.54 Å². The highest BCUT2D eigenvalue weighted by atomic mass is 16.4. The molecule has 1 aliphatic carbocycles. The van der Waals surface area contributed by atoms with Gasteiger partial charge in [0.15, 0.2) is 5.58 Å². The summed E-state index contributed by atoms with van der Waals surface area (Å²) in [5, 5.41) is 22.5. The fraction of sp³-hybridized carbons (Fsp3) is 0.323. The minimum atomic E-state index is -1.01. The highest BCUT2D eigenvalue weighted by Crippen LogP contribution is 2.49. The van der Waals surface area contributed by atoms with Crippen LogP contribution >= 0.6 is 0 Å². The number of aromatic nitrogens is 1. The third-order valence-electron chi connectivity index (χ3n) is 8.16. The van der Waals surface area contributed by atoms with Crippen molar-refractivity contribution in [3.63, 3.8) is 0 Å². The van der Waals surface area contributed by atoms with Gasteiger partial charge in [0.25, 0.3) is 0 Å². The van der Waals surface area contributed by atoms with E-state index < -0.39 is 17.1 Å². The number of nitrogens with one attached hydrogen (secondary N) is 1. The summed E-state index contributed by atoms with van der Waals surface area (Å²) >= 11 is 0. The van der Waals surface area contributed by atoms with Crippen molar-refractivity contribution in [2.45, 2.75) is 43.7 Å². The molecule has 40 heavy (non-hydrogen) atoms. The summed E-state index contributed by atoms with van der Waals surface area (Å²) in [5.74, 6) is -1.43. The molecule has 1 saturated heterocycles. The average molecular weight is 542 g/mol. The maximum Gasteiger partial charge on any atom is 0.420 e. The van der Waals surface area contributed by atoms with E-state index in [-0.39, 0.29) is 29.8 Å². The first-order valence-electron chi connectivity index (χ1n) is 13.6. The van der Waals surface area contributed by atoms with Crippen LogP contribution < -0.4 is 11.1 Å². The van der Waals surface area contributed by atoms with Crippen LogP contribution in [0.3, 0.4) is 0 Å². The predicted octanol–water partition coefficient (Wildman–Crippen LogP) is 4.03. The number of fused-ring (bicyclic) bond motifs is 1. The highest BCUT2D eigenvalue weighted by molar-refractivity contribution is 5.93. The lowest BCUT2D eigenvalue weighted by Gasteiger charge is -2.27. The molecule has 206 valence electrons. The van der Waals surface area contributed by atoms with Crippen molar-refractivity contribution < 1.29 is 24.2 Å². The molecule has 3 aromatic carbocycles. The SMILES string of the molecule is O=C(O)c1ccc(Cn2c(=O)oc3ccc(C4(C(=O)NC(CN5CCCC5)c5cccc(O)c5)CC4)cc32)cc1. The topological polar surface area (TPSA) is 125 Å². The van der Waals surface area contributed by atoms with Crippen molar-refractivity contribution in [1.29, 1.82) is 0 Å². The van der Waals surface area contributed by atoms with E-state index in [1.807, 2.05) is 18.2 Å². The number of oxazole rings is 1. The van der Waals surface area contributed by atoms with Crippen LogP contribution in [0.25, 0.3) is 11.1 Å². The summed E-state index contributed by atoms with van der Waals surface area (Å²) in [7, 11) is 0. The van der Waals surface area contributed by atoms with E-state index >= 15 is 0 Å². The number of aromatic hydroxyl groups is 1. The molecule has 4 aromatic rings. The van der Waals surface area contributed by atoms with Gasteiger partial charge >= 0.3 is 11.7 Å². The van der Waals surface area contributed by atoms with Crippen LogP contribution in [0.5, 0.6) is 5.75 Å². The Balaban J connectivity index is 1.27. The van der Waals surface area contributed by atoms with E-state index in [1.54, 1.807) is 36.4 Å². The average Bonchev–Trinajstić information content (AvgIpc) is 3.49. The lowest BCUT2D eigenvalue weighted by molar-refractivity contribution is -0.124. The number of carboxylic acids is 1. The summed E-state index contributed by atoms with van der Waals surface area (Å²) < 4.78 is 6.98. The van der Waals surface area contributed by atoms with Crippen molar-refractivity contribution in [1.82, 2.24) is 14.8 Å². The number of phenolic OH excluding ortho intramolecular Hbond substituents is 1. The third kappa shape index (κ3) is 5.00. The van der Waals surface area contributed by atoms with Crippen molar-refractivity contribution >= 4 is 23.0 Å². The number of phenols is 1. The van der Waals surface area contributed by atoms with E-state index in [0.29, 0.717) is 30.5 Å². The number of likely N-dealkylation sites (tertiary alicyclic amines) is 1. The molecule has 1 aliphatic heterocycles. The minimum Gasteiger partial charge on any atom is -0.508 e. The van der Waals surface area contributed by atoms with Gasteiger partial charge in [0.05, 0.1) is 29.1 Å². The number of rotatable bonds is 9. The third-order valence-corrected chi connectivity index (χ3v) is 8.16. The van der Waals surface area contributed by atoms with Crippen LogP contribution in [-0.2, 0) is 16.8 Å². The Morgan fingerprint density at radius 1 is 1.00 bits per heavy atom. The van der Waals surface area contributed by atoms with Crippen LogP contribution in [0.15, 0.2) is 75.9 Å². The van der Waals surface area contributed by atoms with Crippen molar-refractivity contribution in [3.8, 4) is 5.75 Å². The molecule has 1 unspecified atom stereocenters. The Hall–Kier alpha value is -4.37. The van der Waals surface area contributed by atoms with Gasteiger partial charge in [0.1, 0.15) is 5.75 Å². The standard InChI is InChI=1S/C31H31N3O6/c35-24-5-3-4-22(16-24)25(19-33-14-1-2-15-33)32-29(38)31(12-13-31)23-10-11-27-26(17-23)34(30(39)40-27)18-20-6-8-21(9-7-20)28(36)37/h3-11,16-17,25,35H,1-2,12-15,18-19H2,(H,32,38)(H,36,37). The fourth-order valence-electron chi connectivity index (χ4n) is 5.71. The summed E-state index contributed by atoms with van der Waals surface area (Å²) in [5.41, 5.74) is 2.94. The minimum absolute atomic E-state index is 0.0685. The van der Waals surface area contributed by atoms with Gasteiger partial charge in [-0.25, -0.2) is 9.59 Å². The van der Waals surface area contributed by atoms with Gasteiger partial charge in [0.2, 0.25) is 5.91 Å². The van der Waals surface area contributed by atoms with Crippen LogP contribution in [-0.4, -0.2) is 51.2 Å². The molecule has 1 aromatic heterocycles. The monoisotopic (exact) mass is 541 g/mol. The second kappa shape index (κ2) is 10.3. The van der Waals surface area contributed by atoms with Crippen molar-refractivity contribution in [2.75, 3.05) is 19.6 Å². The number of carboxylic acid groups (broad SMARTS) is 1. The lowest BCUT2D eigenvalue weighted by Crippen LogP contribution is -2.41. The number of hydrogen-bond acceptors (Lipinski definition) is 6. The fourth-order valence-corrected chi connectivity index (χ4v) is 5.71. The van der Waals surface area contributed by atoms with E-state index in [1.165, 1.54) is 16.7 Å². The molecule has 9 heteroatoms. The Morgan fingerprint density at radius 2 is 1.75 bits per heavy atom. The van der Waals surface area contributed by atoms with E-state index in [4.69, 9.17) is 9.52 Å². The van der Waals surface area contributed by atoms with Gasteiger partial charge in [-0.15, -0.1) is 0 Å². The molecule has 1 atom stereocenters. The number of carbonyl (C=O) groups is 2. The summed E-state index contributed by atoms with van der Waals surface area (Å²) in [4.78, 5) is 40.1. The molecule has 9 nitrogen and oxygen atoms in total. The van der Waals surface area contributed by atoms with E-state index in [2.05, 4.69) is 10.2 Å². The van der Waals surface area contributed by atoms with Crippen LogP contribution in [0.4, 0.5) is 0 Å². The van der Waals surface area contributed by atoms with Gasteiger partial charge in [-0.05, 0) is 91.9 Å². The van der Waals surface area contributed by atoms with Crippen LogP contribution in [0.1, 0.15) is 58.8 Å². The van der Waals surface area contributed by atoms with Gasteiger partial charge in [-0.2, -0.15) is 0 Å². The maximum absolute atomic E-state index is 13.8. The Bertz CT molecular complexity index is 1630. The normalized spacial score (nSPS) is 17.1. The number of hydrogen-bond donors (Lipinski definition) is 3. The maximum atomic E-state index is 13.8. The summed E-state index contributed by atoms with van der Waals surface area (Å²) in [6.45, 7) is 2.87. The molecule has 2 fully saturated rings. The molecule has 1 amide bonds. The van der Waals surface area contributed by atoms with Gasteiger partial charge in [-0.1, -0.05) is 30.3 Å². The first-order chi connectivity index (χ1) is 19.3. The Morgan fingerprint density at radius 3 is 2.42 bits per heavy atom. The van der Waals surface area contributed by atoms with Crippen molar-refractivity contribution in [2.24, 2.45) is 0 Å². The zero-order chi connectivity index (χ0) is 27.9. The Labute approximate surface area is 230 Å². The summed E-state index contributed by atoms with van der Waals surface area (Å²) in [6, 6.07) is 18.6. The second-order valence-corrected chi connectivity index (χ2v) is 10.8. The first-order valence-corrected chi connectivity index (χ1v) is 13.6. The van der Waals surface area contributed by atoms with Crippen LogP contribution in [0, 0.1) is 0 Å². The first kappa shape index (κ1) is 25.9. The lowest BCUT2D eigenvalue weighted by atomic mass is 9.93. The molecule has 0 bridgehead atoms. The number of carbonyl (C=O) groups excluding carboxylic acids is 1. The number of amides is 1. The molecule has 2 aliphatic rings. The molecular weight excluding hydrogens is 510 g/mol. The van der Waals surface area contributed by atoms with Crippen LogP contribution in [0.2, 0.25) is 0 Å². The molecule has 2 heterocycles. The van der Waals surface area contributed by atoms with Crippen molar-refractivity contribution in [3.05, 3.63) is 99.5 Å². The largest absolute Gasteiger partial charge is 0.508 e. The smallest absolute Gasteiger partial charge is 0.420 e. The predicted molar refractivity (Wildman–Crippen MR) is 149 cm³/mol. The molecular formula is C31H31N3O6. The number of aromatic carboxylic acids is 1. The zero-order valence-corrected chi connectivity index (χ0v) is 22.0. The van der Waals surface area contributed by atoms with Gasteiger partial charge in [-0.3, -0.25) is 9.36 Å².